The van der Waals surface area contributed by atoms with Gasteiger partial charge in [-0.2, -0.15) is 4.98 Å². The maximum absolute atomic E-state index is 14.4. The minimum absolute atomic E-state index is 0.207. The van der Waals surface area contributed by atoms with Crippen LogP contribution in [-0.2, 0) is 16.0 Å². The molecule has 2 aliphatic heterocycles. The van der Waals surface area contributed by atoms with Crippen LogP contribution in [0.1, 0.15) is 38.7 Å². The van der Waals surface area contributed by atoms with Gasteiger partial charge < -0.3 is 19.9 Å². The van der Waals surface area contributed by atoms with Gasteiger partial charge in [-0.3, -0.25) is 0 Å². The number of benzene rings is 1. The number of ether oxygens (including phenoxy) is 1. The molecule has 0 spiro atoms. The first-order valence-corrected chi connectivity index (χ1v) is 13.4. The smallest absolute Gasteiger partial charge is 0.227 e. The fourth-order valence-corrected chi connectivity index (χ4v) is 5.41. The first-order valence-electron chi connectivity index (χ1n) is 12.7. The van der Waals surface area contributed by atoms with E-state index in [1.54, 1.807) is 19.4 Å². The summed E-state index contributed by atoms with van der Waals surface area (Å²) in [5.74, 6) is 2.46. The molecule has 0 radical (unpaired) electrons. The van der Waals surface area contributed by atoms with Crippen molar-refractivity contribution < 1.29 is 13.3 Å². The molecule has 0 unspecified atom stereocenters. The molecule has 0 saturated carbocycles. The van der Waals surface area contributed by atoms with Crippen LogP contribution >= 0.6 is 0 Å². The zero-order valence-electron chi connectivity index (χ0n) is 21.6. The van der Waals surface area contributed by atoms with Gasteiger partial charge in [0, 0.05) is 61.0 Å². The number of methoxy groups -OCH3 is 1. The molecular formula is C27H33FN6O2S. The fraction of sp³-hybridized carbons (Fsp3) is 0.481. The summed E-state index contributed by atoms with van der Waals surface area (Å²) in [6, 6.07) is 8.22. The number of rotatable bonds is 7. The van der Waals surface area contributed by atoms with E-state index in [4.69, 9.17) is 9.72 Å². The molecule has 2 aromatic heterocycles. The second kappa shape index (κ2) is 10.7. The lowest BCUT2D eigenvalue weighted by Gasteiger charge is -2.41. The monoisotopic (exact) mass is 524 g/mol. The Bertz CT molecular complexity index is 1340. The molecule has 0 aliphatic carbocycles. The van der Waals surface area contributed by atoms with Gasteiger partial charge in [-0.15, -0.1) is 0 Å². The number of alkyl halides is 1. The molecular weight excluding hydrogens is 491 g/mol. The van der Waals surface area contributed by atoms with Gasteiger partial charge in [0.25, 0.3) is 0 Å². The standard InChI is InChI=1S/C27H33FN6O2S/c1-16(2)19-5-6-23(34-13-18(14-34)17(3)37-35)21-12-30-26(11-20(19)21)31-25-7-9-29-27(32-25)33-10-8-24(36-4)22(28)15-33/h5-7,9,11-12,16,18,22,24H,8,10,13-15H2,1-4H3,(H,29,30,31,32)/t22-,24+/m0/s1. The number of piperidine rings is 1. The highest BCUT2D eigenvalue weighted by molar-refractivity contribution is 7.66. The number of halogens is 1. The van der Waals surface area contributed by atoms with Crippen molar-refractivity contribution in [3.8, 4) is 0 Å². The van der Waals surface area contributed by atoms with Crippen molar-refractivity contribution in [2.45, 2.75) is 45.4 Å². The maximum Gasteiger partial charge on any atom is 0.227 e. The lowest BCUT2D eigenvalue weighted by Crippen LogP contribution is -2.50. The lowest BCUT2D eigenvalue weighted by molar-refractivity contribution is 0.0194. The Balaban J connectivity index is 1.40. The van der Waals surface area contributed by atoms with Gasteiger partial charge in [0.2, 0.25) is 5.95 Å². The Morgan fingerprint density at radius 1 is 1.14 bits per heavy atom. The highest BCUT2D eigenvalue weighted by Gasteiger charge is 2.31. The largest absolute Gasteiger partial charge is 0.378 e. The Morgan fingerprint density at radius 3 is 2.65 bits per heavy atom. The van der Waals surface area contributed by atoms with Crippen LogP contribution in [-0.4, -0.2) is 69.6 Å². The van der Waals surface area contributed by atoms with Crippen molar-refractivity contribution in [1.82, 2.24) is 15.0 Å². The molecule has 1 N–H and O–H groups in total. The maximum atomic E-state index is 14.4. The van der Waals surface area contributed by atoms with Crippen LogP contribution in [0, 0.1) is 5.92 Å². The van der Waals surface area contributed by atoms with E-state index in [0.29, 0.717) is 53.6 Å². The van der Waals surface area contributed by atoms with E-state index in [1.807, 2.05) is 18.0 Å². The second-order valence-electron chi connectivity index (χ2n) is 10.1. The number of hydrogen-bond donors (Lipinski definition) is 1. The molecule has 2 saturated heterocycles. The van der Waals surface area contributed by atoms with E-state index in [0.717, 1.165) is 34.4 Å². The van der Waals surface area contributed by atoms with Crippen LogP contribution in [0.25, 0.3) is 10.8 Å². The number of anilines is 4. The Kier molecular flexibility index (Phi) is 7.39. The van der Waals surface area contributed by atoms with Crippen LogP contribution in [0.3, 0.4) is 0 Å². The molecule has 1 aromatic carbocycles. The summed E-state index contributed by atoms with van der Waals surface area (Å²) in [5.41, 5.74) is 2.39. The van der Waals surface area contributed by atoms with E-state index < -0.39 is 6.17 Å². The van der Waals surface area contributed by atoms with Crippen LogP contribution in [0.5, 0.6) is 0 Å². The van der Waals surface area contributed by atoms with Gasteiger partial charge in [0.1, 0.15) is 17.8 Å². The average molecular weight is 525 g/mol. The summed E-state index contributed by atoms with van der Waals surface area (Å²) in [5, 5.41) is 5.56. The molecule has 3 aromatic rings. The van der Waals surface area contributed by atoms with Crippen molar-refractivity contribution in [2.24, 2.45) is 5.92 Å². The third-order valence-corrected chi connectivity index (χ3v) is 8.02. The Hall–Kier alpha value is -3.11. The van der Waals surface area contributed by atoms with Crippen molar-refractivity contribution in [1.29, 1.82) is 0 Å². The normalized spacial score (nSPS) is 20.3. The van der Waals surface area contributed by atoms with Crippen molar-refractivity contribution >= 4 is 50.2 Å². The van der Waals surface area contributed by atoms with Crippen molar-refractivity contribution in [2.75, 3.05) is 48.4 Å². The zero-order chi connectivity index (χ0) is 26.1. The summed E-state index contributed by atoms with van der Waals surface area (Å²) < 4.78 is 30.8. The number of hydrogen-bond acceptors (Lipinski definition) is 8. The van der Waals surface area contributed by atoms with Gasteiger partial charge in [-0.1, -0.05) is 19.9 Å². The SMILES string of the molecule is CO[C@@H]1CCN(c2nccc(Nc3cc4c(C(C)C)ccc(N5CC(C(C)=S=O)C5)c4cn3)n2)C[C@@H]1F. The average Bonchev–Trinajstić information content (AvgIpc) is 2.87. The Labute approximate surface area is 220 Å². The van der Waals surface area contributed by atoms with E-state index in [1.165, 1.54) is 5.56 Å². The third-order valence-electron chi connectivity index (χ3n) is 7.43. The fourth-order valence-electron chi connectivity index (χ4n) is 5.13. The lowest BCUT2D eigenvalue weighted by atomic mass is 9.92. The molecule has 0 bridgehead atoms. The van der Waals surface area contributed by atoms with Gasteiger partial charge in [-0.25, -0.2) is 18.6 Å². The highest BCUT2D eigenvalue weighted by Crippen LogP contribution is 2.37. The van der Waals surface area contributed by atoms with Crippen LogP contribution < -0.4 is 15.1 Å². The van der Waals surface area contributed by atoms with E-state index >= 15 is 0 Å². The molecule has 0 amide bonds. The Morgan fingerprint density at radius 2 is 1.95 bits per heavy atom. The first kappa shape index (κ1) is 25.5. The number of fused-ring (bicyclic) bond motifs is 1. The van der Waals surface area contributed by atoms with Gasteiger partial charge >= 0.3 is 0 Å². The van der Waals surface area contributed by atoms with Gasteiger partial charge in [0.15, 0.2) is 0 Å². The molecule has 2 fully saturated rings. The predicted octanol–water partition coefficient (Wildman–Crippen LogP) is 4.30. The molecule has 2 aliphatic rings. The number of pyridine rings is 1. The summed E-state index contributed by atoms with van der Waals surface area (Å²) in [6.07, 6.45) is 2.73. The molecule has 196 valence electrons. The van der Waals surface area contributed by atoms with E-state index in [-0.39, 0.29) is 12.6 Å². The zero-order valence-corrected chi connectivity index (χ0v) is 22.5. The quantitative estimate of drug-likeness (QED) is 0.458. The highest BCUT2D eigenvalue weighted by atomic mass is 32.1. The molecule has 2 atom stereocenters. The number of nitrogens with zero attached hydrogens (tertiary/aromatic N) is 5. The third kappa shape index (κ3) is 5.17. The van der Waals surface area contributed by atoms with Crippen molar-refractivity contribution in [3.63, 3.8) is 0 Å². The topological polar surface area (TPSA) is 83.5 Å². The predicted molar refractivity (Wildman–Crippen MR) is 148 cm³/mol. The van der Waals surface area contributed by atoms with Crippen LogP contribution in [0.4, 0.5) is 27.7 Å². The first-order chi connectivity index (χ1) is 17.9. The summed E-state index contributed by atoms with van der Waals surface area (Å²) in [4.78, 5) is 18.8. The van der Waals surface area contributed by atoms with E-state index in [2.05, 4.69) is 52.2 Å². The minimum Gasteiger partial charge on any atom is -0.378 e. The van der Waals surface area contributed by atoms with Gasteiger partial charge in [0.05, 0.1) is 23.9 Å². The van der Waals surface area contributed by atoms with Crippen molar-refractivity contribution in [3.05, 3.63) is 42.2 Å². The van der Waals surface area contributed by atoms with Gasteiger partial charge in [-0.05, 0) is 48.4 Å². The number of aromatic nitrogens is 3. The number of nitrogens with one attached hydrogen (secondary N) is 1. The molecule has 4 heterocycles. The van der Waals surface area contributed by atoms with Crippen LogP contribution in [0.15, 0.2) is 36.7 Å². The van der Waals surface area contributed by atoms with E-state index in [9.17, 15) is 8.60 Å². The molecule has 10 heteroatoms. The summed E-state index contributed by atoms with van der Waals surface area (Å²) in [7, 11) is 1.55. The second-order valence-corrected chi connectivity index (χ2v) is 10.9. The minimum atomic E-state index is -1.08. The molecule has 5 rings (SSSR count). The summed E-state index contributed by atoms with van der Waals surface area (Å²) in [6.45, 7) is 8.85. The molecule has 37 heavy (non-hydrogen) atoms. The molecule has 8 nitrogen and oxygen atoms in total. The van der Waals surface area contributed by atoms with Crippen LogP contribution in [0.2, 0.25) is 0 Å². The summed E-state index contributed by atoms with van der Waals surface area (Å²) >= 11 is 0.612.